The zero-order valence-corrected chi connectivity index (χ0v) is 9.95. The molecule has 3 heteroatoms. The van der Waals surface area contributed by atoms with Crippen LogP contribution in [0.15, 0.2) is 5.38 Å². The molecule has 0 aliphatic carbocycles. The number of thiazole rings is 1. The highest BCUT2D eigenvalue weighted by atomic mass is 32.1. The maximum Gasteiger partial charge on any atom is 0.110 e. The Morgan fingerprint density at radius 2 is 2.29 bits per heavy atom. The first kappa shape index (κ1) is 10.1. The Morgan fingerprint density at radius 3 is 2.64 bits per heavy atom. The second-order valence-corrected chi connectivity index (χ2v) is 5.10. The van der Waals surface area contributed by atoms with Crippen LogP contribution >= 0.6 is 11.3 Å². The lowest BCUT2D eigenvalue weighted by atomic mass is 9.69. The summed E-state index contributed by atoms with van der Waals surface area (Å²) in [6.45, 7) is 7.80. The number of aromatic nitrogens is 1. The quantitative estimate of drug-likeness (QED) is 0.829. The lowest BCUT2D eigenvalue weighted by Crippen LogP contribution is -2.55. The van der Waals surface area contributed by atoms with E-state index in [0.717, 1.165) is 12.2 Å². The summed E-state index contributed by atoms with van der Waals surface area (Å²) in [5, 5.41) is 6.94. The van der Waals surface area contributed by atoms with E-state index in [1.54, 1.807) is 11.3 Å². The van der Waals surface area contributed by atoms with Gasteiger partial charge in [-0.1, -0.05) is 13.8 Å². The Kier molecular flexibility index (Phi) is 2.62. The van der Waals surface area contributed by atoms with Crippen molar-refractivity contribution in [2.75, 3.05) is 6.54 Å². The minimum absolute atomic E-state index is 0.476. The van der Waals surface area contributed by atoms with Crippen LogP contribution in [0.25, 0.3) is 0 Å². The van der Waals surface area contributed by atoms with Crippen LogP contribution in [0.5, 0.6) is 0 Å². The van der Waals surface area contributed by atoms with Gasteiger partial charge in [-0.15, -0.1) is 11.3 Å². The number of nitrogens with one attached hydrogen (secondary N) is 1. The fourth-order valence-electron chi connectivity index (χ4n) is 2.26. The molecule has 1 aromatic rings. The number of hydrogen-bond acceptors (Lipinski definition) is 3. The molecule has 1 aliphatic rings. The van der Waals surface area contributed by atoms with Crippen LogP contribution in [0.3, 0.4) is 0 Å². The van der Waals surface area contributed by atoms with Gasteiger partial charge in [-0.25, -0.2) is 4.98 Å². The summed E-state index contributed by atoms with van der Waals surface area (Å²) in [6.07, 6.45) is 2.50. The molecule has 0 radical (unpaired) electrons. The molecule has 0 saturated carbocycles. The molecule has 0 amide bonds. The van der Waals surface area contributed by atoms with Gasteiger partial charge in [0.2, 0.25) is 0 Å². The molecule has 0 bridgehead atoms. The highest BCUT2D eigenvalue weighted by Crippen LogP contribution is 2.46. The van der Waals surface area contributed by atoms with Crippen molar-refractivity contribution in [3.05, 3.63) is 16.1 Å². The molecule has 2 nitrogen and oxygen atoms in total. The molecule has 78 valence electrons. The van der Waals surface area contributed by atoms with E-state index in [4.69, 9.17) is 0 Å². The lowest BCUT2D eigenvalue weighted by molar-refractivity contribution is 0.0706. The van der Waals surface area contributed by atoms with Crippen LogP contribution < -0.4 is 5.32 Å². The molecule has 0 aromatic carbocycles. The highest BCUT2D eigenvalue weighted by molar-refractivity contribution is 7.09. The summed E-state index contributed by atoms with van der Waals surface area (Å²) >= 11 is 1.79. The van der Waals surface area contributed by atoms with E-state index in [1.807, 2.05) is 0 Å². The van der Waals surface area contributed by atoms with Gasteiger partial charge in [-0.2, -0.15) is 0 Å². The van der Waals surface area contributed by atoms with Gasteiger partial charge in [-0.05, 0) is 19.8 Å². The Balaban J connectivity index is 2.20. The van der Waals surface area contributed by atoms with E-state index in [0.29, 0.717) is 11.5 Å². The van der Waals surface area contributed by atoms with E-state index in [9.17, 15) is 0 Å². The second-order valence-electron chi connectivity index (χ2n) is 4.21. The van der Waals surface area contributed by atoms with Crippen molar-refractivity contribution in [1.29, 1.82) is 0 Å². The topological polar surface area (TPSA) is 24.9 Å². The molecule has 1 fully saturated rings. The van der Waals surface area contributed by atoms with Crippen LogP contribution in [0.4, 0.5) is 0 Å². The average molecular weight is 210 g/mol. The molecule has 1 unspecified atom stereocenters. The number of nitrogens with zero attached hydrogens (tertiary/aromatic N) is 1. The first-order valence-corrected chi connectivity index (χ1v) is 6.25. The smallest absolute Gasteiger partial charge is 0.110 e. The fourth-order valence-corrected chi connectivity index (χ4v) is 3.27. The minimum atomic E-state index is 0.476. The minimum Gasteiger partial charge on any atom is -0.307 e. The fraction of sp³-hybridized carbons (Fsp3) is 0.727. The van der Waals surface area contributed by atoms with E-state index in [-0.39, 0.29) is 0 Å². The van der Waals surface area contributed by atoms with Crippen molar-refractivity contribution in [3.8, 4) is 0 Å². The van der Waals surface area contributed by atoms with Crippen LogP contribution in [0.1, 0.15) is 43.4 Å². The van der Waals surface area contributed by atoms with E-state index in [1.165, 1.54) is 17.8 Å². The predicted molar refractivity (Wildman–Crippen MR) is 60.6 cm³/mol. The molecule has 1 atom stereocenters. The van der Waals surface area contributed by atoms with Gasteiger partial charge >= 0.3 is 0 Å². The summed E-state index contributed by atoms with van der Waals surface area (Å²) < 4.78 is 0. The van der Waals surface area contributed by atoms with Gasteiger partial charge in [0, 0.05) is 23.0 Å². The van der Waals surface area contributed by atoms with Crippen molar-refractivity contribution in [3.63, 3.8) is 0 Å². The maximum absolute atomic E-state index is 4.58. The Hall–Kier alpha value is -0.410. The monoisotopic (exact) mass is 210 g/mol. The summed E-state index contributed by atoms with van der Waals surface area (Å²) in [6, 6.07) is 0.510. The third kappa shape index (κ3) is 1.39. The number of aryl methyl sites for hydroxylation is 1. The molecule has 1 N–H and O–H groups in total. The first-order chi connectivity index (χ1) is 6.72. The van der Waals surface area contributed by atoms with Gasteiger partial charge < -0.3 is 5.32 Å². The SMILES string of the molecule is CCC1(CC)CNC1c1nc(C)cs1. The molecule has 1 aliphatic heterocycles. The third-order valence-corrected chi connectivity index (χ3v) is 4.59. The molecule has 2 rings (SSSR count). The highest BCUT2D eigenvalue weighted by Gasteiger charge is 2.45. The number of rotatable bonds is 3. The van der Waals surface area contributed by atoms with Gasteiger partial charge in [0.05, 0.1) is 6.04 Å². The Labute approximate surface area is 89.8 Å². The predicted octanol–water partition coefficient (Wildman–Crippen LogP) is 2.90. The normalized spacial score (nSPS) is 24.6. The van der Waals surface area contributed by atoms with Crippen LogP contribution in [0, 0.1) is 12.3 Å². The summed E-state index contributed by atoms with van der Waals surface area (Å²) in [5.74, 6) is 0. The van der Waals surface area contributed by atoms with Crippen molar-refractivity contribution >= 4 is 11.3 Å². The summed E-state index contributed by atoms with van der Waals surface area (Å²) in [5.41, 5.74) is 1.63. The average Bonchev–Trinajstić information content (AvgIpc) is 2.53. The zero-order valence-electron chi connectivity index (χ0n) is 9.13. The molecule has 2 heterocycles. The van der Waals surface area contributed by atoms with E-state index in [2.05, 4.69) is 36.5 Å². The third-order valence-electron chi connectivity index (χ3n) is 3.56. The van der Waals surface area contributed by atoms with Crippen molar-refractivity contribution in [2.45, 2.75) is 39.7 Å². The van der Waals surface area contributed by atoms with Crippen molar-refractivity contribution in [2.24, 2.45) is 5.41 Å². The van der Waals surface area contributed by atoms with Crippen molar-refractivity contribution < 1.29 is 0 Å². The first-order valence-electron chi connectivity index (χ1n) is 5.37. The van der Waals surface area contributed by atoms with Gasteiger partial charge in [-0.3, -0.25) is 0 Å². The molecule has 0 spiro atoms. The lowest BCUT2D eigenvalue weighted by Gasteiger charge is -2.49. The van der Waals surface area contributed by atoms with Crippen molar-refractivity contribution in [1.82, 2.24) is 10.3 Å². The van der Waals surface area contributed by atoms with E-state index >= 15 is 0 Å². The van der Waals surface area contributed by atoms with Gasteiger partial charge in [0.25, 0.3) is 0 Å². The van der Waals surface area contributed by atoms with Crippen LogP contribution in [-0.4, -0.2) is 11.5 Å². The molecule has 14 heavy (non-hydrogen) atoms. The Morgan fingerprint density at radius 1 is 1.57 bits per heavy atom. The second kappa shape index (κ2) is 3.63. The maximum atomic E-state index is 4.58. The van der Waals surface area contributed by atoms with E-state index < -0.39 is 0 Å². The standard InChI is InChI=1S/C11H18N2S/c1-4-11(5-2)7-12-9(11)10-13-8(3)6-14-10/h6,9,12H,4-5,7H2,1-3H3. The largest absolute Gasteiger partial charge is 0.307 e. The molecule has 1 aromatic heterocycles. The van der Waals surface area contributed by atoms with Gasteiger partial charge in [0.15, 0.2) is 0 Å². The van der Waals surface area contributed by atoms with Crippen LogP contribution in [-0.2, 0) is 0 Å². The molecule has 1 saturated heterocycles. The zero-order chi connectivity index (χ0) is 10.2. The number of hydrogen-bond donors (Lipinski definition) is 1. The van der Waals surface area contributed by atoms with Gasteiger partial charge in [0.1, 0.15) is 5.01 Å². The summed E-state index contributed by atoms with van der Waals surface area (Å²) in [4.78, 5) is 4.58. The Bertz CT molecular complexity index is 309. The van der Waals surface area contributed by atoms with Crippen LogP contribution in [0.2, 0.25) is 0 Å². The molecular formula is C11H18N2S. The summed E-state index contributed by atoms with van der Waals surface area (Å²) in [7, 11) is 0. The molecular weight excluding hydrogens is 192 g/mol.